The lowest BCUT2D eigenvalue weighted by molar-refractivity contribution is 0.0990. The summed E-state index contributed by atoms with van der Waals surface area (Å²) in [4.78, 5) is 19.5. The van der Waals surface area contributed by atoms with Gasteiger partial charge in [0.15, 0.2) is 0 Å². The number of nitrogens with zero attached hydrogens (tertiary/aromatic N) is 2. The minimum atomic E-state index is -3.59. The molecule has 0 bridgehead atoms. The van der Waals surface area contributed by atoms with E-state index in [0.29, 0.717) is 23.5 Å². The average Bonchev–Trinajstić information content (AvgIpc) is 3.22. The summed E-state index contributed by atoms with van der Waals surface area (Å²) >= 11 is 0. The molecule has 7 nitrogen and oxygen atoms in total. The van der Waals surface area contributed by atoms with Gasteiger partial charge >= 0.3 is 0 Å². The van der Waals surface area contributed by atoms with E-state index in [0.717, 1.165) is 17.7 Å². The molecule has 0 spiro atoms. The fourth-order valence-electron chi connectivity index (χ4n) is 3.61. The van der Waals surface area contributed by atoms with Gasteiger partial charge in [0.1, 0.15) is 5.82 Å². The Kier molecular flexibility index (Phi) is 5.52. The van der Waals surface area contributed by atoms with Gasteiger partial charge in [0.25, 0.3) is 5.91 Å². The number of benzene rings is 2. The summed E-state index contributed by atoms with van der Waals surface area (Å²) in [5.74, 6) is 0.287. The van der Waals surface area contributed by atoms with E-state index < -0.39 is 10.0 Å². The number of rotatable bonds is 6. The van der Waals surface area contributed by atoms with Crippen molar-refractivity contribution in [2.75, 3.05) is 23.8 Å². The third-order valence-electron chi connectivity index (χ3n) is 5.15. The van der Waals surface area contributed by atoms with Gasteiger partial charge in [0.05, 0.1) is 10.5 Å². The highest BCUT2D eigenvalue weighted by Gasteiger charge is 2.27. The molecule has 4 rings (SSSR count). The van der Waals surface area contributed by atoms with Crippen LogP contribution in [0.5, 0.6) is 0 Å². The number of pyridine rings is 1. The lowest BCUT2D eigenvalue weighted by atomic mass is 10.1. The smallest absolute Gasteiger partial charge is 0.262 e. The Morgan fingerprint density at radius 3 is 2.67 bits per heavy atom. The maximum atomic E-state index is 13.3. The van der Waals surface area contributed by atoms with Crippen molar-refractivity contribution in [2.45, 2.75) is 17.9 Å². The Hall–Kier alpha value is -3.23. The first-order valence-electron chi connectivity index (χ1n) is 9.61. The third-order valence-corrected chi connectivity index (χ3v) is 6.66. The van der Waals surface area contributed by atoms with Crippen LogP contribution in [0.3, 0.4) is 0 Å². The van der Waals surface area contributed by atoms with Gasteiger partial charge in [-0.2, -0.15) is 0 Å². The Bertz CT molecular complexity index is 1190. The first kappa shape index (κ1) is 20.1. The zero-order valence-corrected chi connectivity index (χ0v) is 17.3. The number of sulfonamides is 1. The molecule has 1 amide bonds. The molecule has 3 aromatic rings. The highest BCUT2D eigenvalue weighted by Crippen LogP contribution is 2.30. The van der Waals surface area contributed by atoms with Gasteiger partial charge in [0.2, 0.25) is 10.0 Å². The summed E-state index contributed by atoms with van der Waals surface area (Å²) in [5, 5.41) is 3.14. The van der Waals surface area contributed by atoms with Crippen LogP contribution in [0.1, 0.15) is 21.5 Å². The van der Waals surface area contributed by atoms with Gasteiger partial charge in [-0.15, -0.1) is 0 Å². The van der Waals surface area contributed by atoms with Crippen LogP contribution in [0.4, 0.5) is 11.5 Å². The Morgan fingerprint density at radius 2 is 1.83 bits per heavy atom. The van der Waals surface area contributed by atoms with Crippen LogP contribution in [-0.4, -0.2) is 32.9 Å². The van der Waals surface area contributed by atoms with Crippen molar-refractivity contribution in [1.82, 2.24) is 9.71 Å². The average molecular weight is 423 g/mol. The largest absolute Gasteiger partial charge is 0.365 e. The van der Waals surface area contributed by atoms with E-state index in [9.17, 15) is 13.2 Å². The van der Waals surface area contributed by atoms with Gasteiger partial charge in [-0.3, -0.25) is 4.79 Å². The molecule has 0 aliphatic carbocycles. The van der Waals surface area contributed by atoms with Crippen LogP contribution >= 0.6 is 0 Å². The van der Waals surface area contributed by atoms with Crippen molar-refractivity contribution < 1.29 is 13.2 Å². The lowest BCUT2D eigenvalue weighted by Gasteiger charge is -2.19. The zero-order chi connectivity index (χ0) is 21.1. The zero-order valence-electron chi connectivity index (χ0n) is 16.5. The highest BCUT2D eigenvalue weighted by atomic mass is 32.2. The molecule has 0 radical (unpaired) electrons. The van der Waals surface area contributed by atoms with Crippen LogP contribution in [0.2, 0.25) is 0 Å². The highest BCUT2D eigenvalue weighted by molar-refractivity contribution is 7.89. The standard InChI is InChI=1S/C22H22N4O3S/c1-23-30(28,29)20-11-5-3-8-17(20)15-25-21-18(9-6-13-24-21)22(27)26-14-12-16-7-2-4-10-19(16)26/h2-11,13,23H,12,14-15H2,1H3,(H,24,25). The van der Waals surface area contributed by atoms with Gasteiger partial charge < -0.3 is 10.2 Å². The number of carbonyl (C=O) groups is 1. The molecule has 0 saturated heterocycles. The molecule has 8 heteroatoms. The van der Waals surface area contributed by atoms with Crippen LogP contribution in [-0.2, 0) is 23.0 Å². The van der Waals surface area contributed by atoms with E-state index in [2.05, 4.69) is 15.0 Å². The van der Waals surface area contributed by atoms with E-state index in [1.165, 1.54) is 7.05 Å². The molecule has 1 aromatic heterocycles. The first-order chi connectivity index (χ1) is 14.5. The molecule has 1 aliphatic rings. The van der Waals surface area contributed by atoms with Crippen molar-refractivity contribution >= 4 is 27.4 Å². The molecule has 154 valence electrons. The van der Waals surface area contributed by atoms with E-state index in [1.807, 2.05) is 24.3 Å². The Balaban J connectivity index is 1.60. The van der Waals surface area contributed by atoms with Crippen LogP contribution < -0.4 is 14.9 Å². The molecule has 30 heavy (non-hydrogen) atoms. The number of fused-ring (bicyclic) bond motifs is 1. The fraction of sp³-hybridized carbons (Fsp3) is 0.182. The van der Waals surface area contributed by atoms with Crippen LogP contribution in [0.25, 0.3) is 0 Å². The first-order valence-corrected chi connectivity index (χ1v) is 11.1. The Morgan fingerprint density at radius 1 is 1.07 bits per heavy atom. The number of amides is 1. The molecule has 0 saturated carbocycles. The number of para-hydroxylation sites is 1. The maximum absolute atomic E-state index is 13.3. The van der Waals surface area contributed by atoms with Gasteiger partial charge in [-0.1, -0.05) is 36.4 Å². The van der Waals surface area contributed by atoms with Gasteiger partial charge in [-0.05, 0) is 48.9 Å². The molecule has 0 atom stereocenters. The van der Waals surface area contributed by atoms with E-state index >= 15 is 0 Å². The SMILES string of the molecule is CNS(=O)(=O)c1ccccc1CNc1ncccc1C(=O)N1CCc2ccccc21. The van der Waals surface area contributed by atoms with E-state index in [1.54, 1.807) is 47.5 Å². The molecule has 2 heterocycles. The second kappa shape index (κ2) is 8.25. The normalized spacial score (nSPS) is 13.2. The minimum absolute atomic E-state index is 0.133. The summed E-state index contributed by atoms with van der Waals surface area (Å²) in [7, 11) is -2.21. The van der Waals surface area contributed by atoms with Crippen molar-refractivity contribution in [1.29, 1.82) is 0 Å². The molecule has 2 N–H and O–H groups in total. The van der Waals surface area contributed by atoms with Crippen molar-refractivity contribution in [3.05, 3.63) is 83.6 Å². The van der Waals surface area contributed by atoms with E-state index in [4.69, 9.17) is 0 Å². The monoisotopic (exact) mass is 422 g/mol. The number of nitrogens with one attached hydrogen (secondary N) is 2. The van der Waals surface area contributed by atoms with Crippen molar-refractivity contribution in [3.63, 3.8) is 0 Å². The van der Waals surface area contributed by atoms with Gasteiger partial charge in [-0.25, -0.2) is 18.1 Å². The summed E-state index contributed by atoms with van der Waals surface area (Å²) in [6.45, 7) is 0.834. The predicted molar refractivity (Wildman–Crippen MR) is 116 cm³/mol. The van der Waals surface area contributed by atoms with E-state index in [-0.39, 0.29) is 17.3 Å². The topological polar surface area (TPSA) is 91.4 Å². The molecule has 0 unspecified atom stereocenters. The third kappa shape index (κ3) is 3.79. The number of hydrogen-bond donors (Lipinski definition) is 2. The number of hydrogen-bond acceptors (Lipinski definition) is 5. The molecular weight excluding hydrogens is 400 g/mol. The predicted octanol–water partition coefficient (Wildman–Crippen LogP) is 2.80. The lowest BCUT2D eigenvalue weighted by Crippen LogP contribution is -2.29. The number of carbonyl (C=O) groups excluding carboxylic acids is 1. The number of aromatic nitrogens is 1. The van der Waals surface area contributed by atoms with Gasteiger partial charge in [0, 0.05) is 25.0 Å². The van der Waals surface area contributed by atoms with Crippen LogP contribution in [0.15, 0.2) is 71.8 Å². The second-order valence-electron chi connectivity index (χ2n) is 6.90. The second-order valence-corrected chi connectivity index (χ2v) is 8.76. The van der Waals surface area contributed by atoms with Crippen molar-refractivity contribution in [2.24, 2.45) is 0 Å². The molecule has 2 aromatic carbocycles. The summed E-state index contributed by atoms with van der Waals surface area (Å²) in [6, 6.07) is 18.1. The summed E-state index contributed by atoms with van der Waals surface area (Å²) < 4.78 is 26.9. The minimum Gasteiger partial charge on any atom is -0.365 e. The number of anilines is 2. The van der Waals surface area contributed by atoms with Crippen LogP contribution in [0, 0.1) is 0 Å². The van der Waals surface area contributed by atoms with Crippen molar-refractivity contribution in [3.8, 4) is 0 Å². The Labute approximate surface area is 175 Å². The maximum Gasteiger partial charge on any atom is 0.262 e. The molecular formula is C22H22N4O3S. The summed E-state index contributed by atoms with van der Waals surface area (Å²) in [5.41, 5.74) is 3.10. The summed E-state index contributed by atoms with van der Waals surface area (Å²) in [6.07, 6.45) is 2.42. The molecule has 1 aliphatic heterocycles. The molecule has 0 fully saturated rings. The fourth-order valence-corrected chi connectivity index (χ4v) is 4.58. The quantitative estimate of drug-likeness (QED) is 0.637.